The maximum atomic E-state index is 11.1. The van der Waals surface area contributed by atoms with E-state index in [1.165, 1.54) is 11.3 Å². The lowest BCUT2D eigenvalue weighted by Crippen LogP contribution is -2.15. The van der Waals surface area contributed by atoms with Crippen molar-refractivity contribution in [1.82, 2.24) is 4.98 Å². The van der Waals surface area contributed by atoms with E-state index in [0.717, 1.165) is 15.3 Å². The molecule has 0 aliphatic heterocycles. The number of hydrogen-bond donors (Lipinski definition) is 0. The molecule has 3 aromatic rings. The van der Waals surface area contributed by atoms with E-state index in [0.29, 0.717) is 18.1 Å². The standard InChI is InChI=1S/C14H13N3O3S/c1-3-15-17(8-11-9(2)19-14(18)20-11)13-16-10-6-4-5-7-12(10)21-13/h3-7H,8H2,1-2H3/b15-3+. The Hall–Kier alpha value is -2.41. The van der Waals surface area contributed by atoms with Gasteiger partial charge in [-0.1, -0.05) is 23.5 Å². The van der Waals surface area contributed by atoms with Gasteiger partial charge in [0.2, 0.25) is 5.13 Å². The molecule has 0 spiro atoms. The van der Waals surface area contributed by atoms with Crippen LogP contribution in [0.4, 0.5) is 5.13 Å². The molecular weight excluding hydrogens is 290 g/mol. The highest BCUT2D eigenvalue weighted by molar-refractivity contribution is 7.22. The Kier molecular flexibility index (Phi) is 3.57. The molecule has 3 rings (SSSR count). The molecule has 0 aliphatic carbocycles. The molecule has 2 aromatic heterocycles. The summed E-state index contributed by atoms with van der Waals surface area (Å²) in [6.07, 6.45) is 1.67. The van der Waals surface area contributed by atoms with Crippen LogP contribution in [0.5, 0.6) is 0 Å². The number of aryl methyl sites for hydroxylation is 1. The van der Waals surface area contributed by atoms with Crippen molar-refractivity contribution in [2.45, 2.75) is 20.4 Å². The van der Waals surface area contributed by atoms with Crippen molar-refractivity contribution in [3.05, 3.63) is 46.4 Å². The van der Waals surface area contributed by atoms with E-state index < -0.39 is 5.82 Å². The molecule has 7 heteroatoms. The van der Waals surface area contributed by atoms with Crippen LogP contribution in [0.1, 0.15) is 18.4 Å². The van der Waals surface area contributed by atoms with Gasteiger partial charge in [0, 0.05) is 6.21 Å². The first-order valence-corrected chi connectivity index (χ1v) is 7.20. The monoisotopic (exact) mass is 303 g/mol. The van der Waals surface area contributed by atoms with Gasteiger partial charge in [0.05, 0.1) is 10.2 Å². The molecule has 0 atom stereocenters. The lowest BCUT2D eigenvalue weighted by molar-refractivity contribution is 0.368. The van der Waals surface area contributed by atoms with Gasteiger partial charge in [0.1, 0.15) is 12.3 Å². The maximum absolute atomic E-state index is 11.1. The first kappa shape index (κ1) is 13.6. The Morgan fingerprint density at radius 3 is 2.86 bits per heavy atom. The highest BCUT2D eigenvalue weighted by Crippen LogP contribution is 2.29. The van der Waals surface area contributed by atoms with E-state index in [2.05, 4.69) is 10.1 Å². The zero-order valence-corrected chi connectivity index (χ0v) is 12.4. The molecule has 0 N–H and O–H groups in total. The number of benzene rings is 1. The third-order valence-corrected chi connectivity index (χ3v) is 3.94. The maximum Gasteiger partial charge on any atom is 0.519 e. The van der Waals surface area contributed by atoms with Crippen LogP contribution >= 0.6 is 11.3 Å². The third-order valence-electron chi connectivity index (χ3n) is 2.89. The minimum Gasteiger partial charge on any atom is -0.396 e. The van der Waals surface area contributed by atoms with Crippen LogP contribution < -0.4 is 10.8 Å². The number of anilines is 1. The van der Waals surface area contributed by atoms with Crippen molar-refractivity contribution in [2.24, 2.45) is 5.10 Å². The van der Waals surface area contributed by atoms with Crippen LogP contribution in [0.15, 0.2) is 43.0 Å². The van der Waals surface area contributed by atoms with Gasteiger partial charge in [0.25, 0.3) is 0 Å². The first-order valence-electron chi connectivity index (χ1n) is 6.38. The summed E-state index contributed by atoms with van der Waals surface area (Å²) in [6, 6.07) is 7.87. The minimum atomic E-state index is -0.702. The Morgan fingerprint density at radius 2 is 2.19 bits per heavy atom. The SMILES string of the molecule is C/C=N/N(Cc1oc(=O)oc1C)c1nc2ccccc2s1. The van der Waals surface area contributed by atoms with Crippen molar-refractivity contribution in [3.63, 3.8) is 0 Å². The lowest BCUT2D eigenvalue weighted by atomic mass is 10.3. The van der Waals surface area contributed by atoms with Crippen LogP contribution in [0.2, 0.25) is 0 Å². The zero-order valence-electron chi connectivity index (χ0n) is 11.6. The third kappa shape index (κ3) is 2.73. The molecule has 108 valence electrons. The highest BCUT2D eigenvalue weighted by atomic mass is 32.1. The minimum absolute atomic E-state index is 0.293. The molecule has 1 aromatic carbocycles. The summed E-state index contributed by atoms with van der Waals surface area (Å²) in [4.78, 5) is 15.7. The molecule has 21 heavy (non-hydrogen) atoms. The van der Waals surface area contributed by atoms with E-state index in [9.17, 15) is 4.79 Å². The topological polar surface area (TPSA) is 71.8 Å². The van der Waals surface area contributed by atoms with Crippen molar-refractivity contribution in [3.8, 4) is 0 Å². The number of fused-ring (bicyclic) bond motifs is 1. The molecule has 0 fully saturated rings. The number of hydrazone groups is 1. The second-order valence-corrected chi connectivity index (χ2v) is 5.34. The van der Waals surface area contributed by atoms with E-state index in [-0.39, 0.29) is 0 Å². The van der Waals surface area contributed by atoms with Gasteiger partial charge in [-0.15, -0.1) is 0 Å². The van der Waals surface area contributed by atoms with Crippen LogP contribution in [0, 0.1) is 6.92 Å². The lowest BCUT2D eigenvalue weighted by Gasteiger charge is -2.13. The average molecular weight is 303 g/mol. The fraction of sp³-hybridized carbons (Fsp3) is 0.214. The van der Waals surface area contributed by atoms with Gasteiger partial charge in [-0.25, -0.2) is 14.8 Å². The number of aromatic nitrogens is 1. The second kappa shape index (κ2) is 5.53. The zero-order chi connectivity index (χ0) is 14.8. The Morgan fingerprint density at radius 1 is 1.38 bits per heavy atom. The van der Waals surface area contributed by atoms with Gasteiger partial charge in [0.15, 0.2) is 5.76 Å². The van der Waals surface area contributed by atoms with E-state index in [1.54, 1.807) is 18.1 Å². The van der Waals surface area contributed by atoms with Crippen molar-refractivity contribution >= 4 is 32.9 Å². The second-order valence-electron chi connectivity index (χ2n) is 4.33. The van der Waals surface area contributed by atoms with Gasteiger partial charge < -0.3 is 8.83 Å². The molecule has 0 saturated carbocycles. The predicted octanol–water partition coefficient (Wildman–Crippen LogP) is 3.16. The summed E-state index contributed by atoms with van der Waals surface area (Å²) >= 11 is 1.53. The molecule has 0 aliphatic rings. The van der Waals surface area contributed by atoms with Gasteiger partial charge in [-0.3, -0.25) is 0 Å². The fourth-order valence-electron chi connectivity index (χ4n) is 1.92. The molecule has 0 bridgehead atoms. The molecule has 0 radical (unpaired) electrons. The van der Waals surface area contributed by atoms with Crippen molar-refractivity contribution in [1.29, 1.82) is 0 Å². The average Bonchev–Trinajstić information content (AvgIpc) is 3.01. The quantitative estimate of drug-likeness (QED) is 0.547. The molecule has 6 nitrogen and oxygen atoms in total. The van der Waals surface area contributed by atoms with Crippen molar-refractivity contribution < 1.29 is 8.83 Å². The number of thiazole rings is 1. The van der Waals surface area contributed by atoms with Crippen LogP contribution in [-0.2, 0) is 6.54 Å². The number of hydrogen-bond acceptors (Lipinski definition) is 7. The fourth-order valence-corrected chi connectivity index (χ4v) is 2.85. The van der Waals surface area contributed by atoms with Gasteiger partial charge >= 0.3 is 5.82 Å². The summed E-state index contributed by atoms with van der Waals surface area (Å²) in [7, 11) is 0. The van der Waals surface area contributed by atoms with E-state index >= 15 is 0 Å². The normalized spacial score (nSPS) is 11.5. The summed E-state index contributed by atoms with van der Waals surface area (Å²) in [5.41, 5.74) is 0.916. The number of para-hydroxylation sites is 1. The molecule has 0 saturated heterocycles. The molecule has 0 unspecified atom stereocenters. The molecular formula is C14H13N3O3S. The summed E-state index contributed by atoms with van der Waals surface area (Å²) in [5, 5.41) is 6.71. The number of rotatable bonds is 4. The largest absolute Gasteiger partial charge is 0.519 e. The summed E-state index contributed by atoms with van der Waals surface area (Å²) in [6.45, 7) is 3.80. The van der Waals surface area contributed by atoms with E-state index in [4.69, 9.17) is 8.83 Å². The summed E-state index contributed by atoms with van der Waals surface area (Å²) < 4.78 is 11.0. The number of nitrogens with zero attached hydrogens (tertiary/aromatic N) is 3. The van der Waals surface area contributed by atoms with Gasteiger partial charge in [-0.05, 0) is 26.0 Å². The Bertz CT molecular complexity index is 813. The smallest absolute Gasteiger partial charge is 0.396 e. The highest BCUT2D eigenvalue weighted by Gasteiger charge is 2.16. The summed E-state index contributed by atoms with van der Waals surface area (Å²) in [5.74, 6) is 0.203. The molecule has 2 heterocycles. The van der Waals surface area contributed by atoms with E-state index in [1.807, 2.05) is 31.2 Å². The first-order chi connectivity index (χ1) is 10.2. The molecule has 0 amide bonds. The Labute approximate surface area is 124 Å². The van der Waals surface area contributed by atoms with Crippen LogP contribution in [0.3, 0.4) is 0 Å². The van der Waals surface area contributed by atoms with Gasteiger partial charge in [-0.2, -0.15) is 5.10 Å². The Balaban J connectivity index is 1.97. The van der Waals surface area contributed by atoms with Crippen LogP contribution in [-0.4, -0.2) is 11.2 Å². The van der Waals surface area contributed by atoms with Crippen LogP contribution in [0.25, 0.3) is 10.2 Å². The van der Waals surface area contributed by atoms with Crippen molar-refractivity contribution in [2.75, 3.05) is 5.01 Å². The predicted molar refractivity (Wildman–Crippen MR) is 82.0 cm³/mol.